The Morgan fingerprint density at radius 3 is 2.35 bits per heavy atom. The van der Waals surface area contributed by atoms with Crippen molar-refractivity contribution in [1.29, 1.82) is 0 Å². The van der Waals surface area contributed by atoms with Crippen LogP contribution in [0.2, 0.25) is 0 Å². The Hall–Kier alpha value is -2.83. The molecule has 0 N–H and O–H groups in total. The highest BCUT2D eigenvalue weighted by molar-refractivity contribution is 5.59. The van der Waals surface area contributed by atoms with Gasteiger partial charge >= 0.3 is 6.18 Å². The van der Waals surface area contributed by atoms with E-state index in [1.54, 1.807) is 24.3 Å². The summed E-state index contributed by atoms with van der Waals surface area (Å²) < 4.78 is 40.9. The molecule has 0 radical (unpaired) electrons. The van der Waals surface area contributed by atoms with Crippen LogP contribution in [0, 0.1) is 0 Å². The lowest BCUT2D eigenvalue weighted by molar-refractivity contribution is -0.141. The van der Waals surface area contributed by atoms with Crippen LogP contribution in [-0.2, 0) is 13.2 Å². The first kappa shape index (κ1) is 15.1. The summed E-state index contributed by atoms with van der Waals surface area (Å²) in [6.45, 7) is 0. The van der Waals surface area contributed by atoms with Crippen molar-refractivity contribution in [3.05, 3.63) is 70.8 Å². The van der Waals surface area contributed by atoms with Gasteiger partial charge in [0.2, 0.25) is 0 Å². The van der Waals surface area contributed by atoms with Crippen molar-refractivity contribution in [2.45, 2.75) is 6.18 Å². The number of hydrogen-bond donors (Lipinski definition) is 0. The normalized spacial score (nSPS) is 11.7. The van der Waals surface area contributed by atoms with Crippen molar-refractivity contribution in [3.8, 4) is 16.9 Å². The third-order valence-corrected chi connectivity index (χ3v) is 3.41. The van der Waals surface area contributed by atoms with Gasteiger partial charge in [0.1, 0.15) is 0 Å². The Morgan fingerprint density at radius 1 is 1.04 bits per heavy atom. The number of aryl methyl sites for hydroxylation is 1. The number of halogens is 3. The minimum absolute atomic E-state index is 0.266. The molecule has 7 heteroatoms. The average Bonchev–Trinajstić information content (AvgIpc) is 2.91. The molecule has 118 valence electrons. The molecule has 1 aromatic carbocycles. The number of benzene rings is 1. The van der Waals surface area contributed by atoms with E-state index in [0.29, 0.717) is 11.3 Å². The second kappa shape index (κ2) is 5.42. The smallest absolute Gasteiger partial charge is 0.284 e. The molecule has 0 bridgehead atoms. The lowest BCUT2D eigenvalue weighted by atomic mass is 10.2. The molecule has 0 unspecified atom stereocenters. The predicted molar refractivity (Wildman–Crippen MR) is 79.2 cm³/mol. The summed E-state index contributed by atoms with van der Waals surface area (Å²) in [4.78, 5) is 12.0. The van der Waals surface area contributed by atoms with Crippen LogP contribution in [0.5, 0.6) is 0 Å². The molecule has 0 saturated heterocycles. The minimum Gasteiger partial charge on any atom is -0.284 e. The van der Waals surface area contributed by atoms with E-state index in [-0.39, 0.29) is 11.3 Å². The lowest BCUT2D eigenvalue weighted by Crippen LogP contribution is -2.16. The minimum atomic E-state index is -4.51. The molecule has 0 aliphatic heterocycles. The fourth-order valence-corrected chi connectivity index (χ4v) is 2.30. The van der Waals surface area contributed by atoms with Gasteiger partial charge in [-0.25, -0.2) is 0 Å². The van der Waals surface area contributed by atoms with Gasteiger partial charge in [0.15, 0.2) is 5.69 Å². The third kappa shape index (κ3) is 2.90. The van der Waals surface area contributed by atoms with Gasteiger partial charge in [-0.15, -0.1) is 0 Å². The molecule has 2 heterocycles. The van der Waals surface area contributed by atoms with Crippen LogP contribution in [0.3, 0.4) is 0 Å². The van der Waals surface area contributed by atoms with Gasteiger partial charge in [-0.05, 0) is 24.3 Å². The second-order valence-electron chi connectivity index (χ2n) is 5.00. The van der Waals surface area contributed by atoms with E-state index in [2.05, 4.69) is 5.10 Å². The highest BCUT2D eigenvalue weighted by atomic mass is 19.4. The van der Waals surface area contributed by atoms with E-state index in [4.69, 9.17) is 0 Å². The number of rotatable bonds is 2. The van der Waals surface area contributed by atoms with E-state index < -0.39 is 11.9 Å². The first-order chi connectivity index (χ1) is 10.9. The van der Waals surface area contributed by atoms with E-state index in [9.17, 15) is 18.0 Å². The van der Waals surface area contributed by atoms with Crippen molar-refractivity contribution < 1.29 is 13.2 Å². The van der Waals surface area contributed by atoms with Crippen LogP contribution < -0.4 is 5.56 Å². The summed E-state index contributed by atoms with van der Waals surface area (Å²) in [6.07, 6.45) is -3.00. The van der Waals surface area contributed by atoms with Crippen LogP contribution in [0.15, 0.2) is 59.5 Å². The van der Waals surface area contributed by atoms with Gasteiger partial charge in [-0.2, -0.15) is 18.3 Å². The lowest BCUT2D eigenvalue weighted by Gasteiger charge is -2.08. The topological polar surface area (TPSA) is 39.8 Å². The van der Waals surface area contributed by atoms with E-state index in [1.165, 1.54) is 29.9 Å². The molecule has 0 fully saturated rings. The van der Waals surface area contributed by atoms with Gasteiger partial charge in [-0.1, -0.05) is 18.2 Å². The Labute approximate surface area is 129 Å². The number of para-hydroxylation sites is 1. The molecule has 0 aliphatic rings. The average molecular weight is 319 g/mol. The highest BCUT2D eigenvalue weighted by Gasteiger charge is 2.34. The Morgan fingerprint density at radius 2 is 1.74 bits per heavy atom. The molecule has 23 heavy (non-hydrogen) atoms. The standard InChI is InChI=1S/C16H12F3N3O/c1-21-13(9-14(20-21)16(17,18)19)11-7-8-15(23)22(10-11)12-5-3-2-4-6-12/h2-10H,1H3. The Balaban J connectivity index is 2.12. The van der Waals surface area contributed by atoms with Crippen LogP contribution in [0.1, 0.15) is 5.69 Å². The van der Waals surface area contributed by atoms with Crippen molar-refractivity contribution in [2.24, 2.45) is 7.05 Å². The molecule has 2 aromatic heterocycles. The molecule has 0 amide bonds. The summed E-state index contributed by atoms with van der Waals surface area (Å²) >= 11 is 0. The Bertz CT molecular complexity index is 895. The van der Waals surface area contributed by atoms with Crippen LogP contribution in [0.25, 0.3) is 16.9 Å². The highest BCUT2D eigenvalue weighted by Crippen LogP contribution is 2.31. The van der Waals surface area contributed by atoms with E-state index >= 15 is 0 Å². The predicted octanol–water partition coefficient (Wildman–Crippen LogP) is 3.26. The first-order valence-corrected chi connectivity index (χ1v) is 6.76. The molecule has 0 spiro atoms. The summed E-state index contributed by atoms with van der Waals surface area (Å²) in [5.74, 6) is 0. The number of hydrogen-bond acceptors (Lipinski definition) is 2. The number of nitrogens with zero attached hydrogens (tertiary/aromatic N) is 3. The number of aromatic nitrogens is 3. The summed E-state index contributed by atoms with van der Waals surface area (Å²) in [5, 5.41) is 3.49. The first-order valence-electron chi connectivity index (χ1n) is 6.76. The number of pyridine rings is 1. The van der Waals surface area contributed by atoms with E-state index in [1.807, 2.05) is 6.07 Å². The quantitative estimate of drug-likeness (QED) is 0.727. The van der Waals surface area contributed by atoms with Crippen molar-refractivity contribution >= 4 is 0 Å². The third-order valence-electron chi connectivity index (χ3n) is 3.41. The van der Waals surface area contributed by atoms with Crippen molar-refractivity contribution in [1.82, 2.24) is 14.3 Å². The van der Waals surface area contributed by atoms with Gasteiger partial charge in [0.25, 0.3) is 5.56 Å². The van der Waals surface area contributed by atoms with Gasteiger partial charge in [0.05, 0.1) is 5.69 Å². The number of alkyl halides is 3. The molecule has 0 aliphatic carbocycles. The molecule has 0 saturated carbocycles. The van der Waals surface area contributed by atoms with Crippen molar-refractivity contribution in [3.63, 3.8) is 0 Å². The summed E-state index contributed by atoms with van der Waals surface area (Å²) in [6, 6.07) is 12.6. The largest absolute Gasteiger partial charge is 0.435 e. The zero-order valence-electron chi connectivity index (χ0n) is 12.1. The molecular weight excluding hydrogens is 307 g/mol. The fraction of sp³-hybridized carbons (Fsp3) is 0.125. The SMILES string of the molecule is Cn1nc(C(F)(F)F)cc1-c1ccc(=O)n(-c2ccccc2)c1. The van der Waals surface area contributed by atoms with Gasteiger partial charge in [-0.3, -0.25) is 14.0 Å². The van der Waals surface area contributed by atoms with Crippen molar-refractivity contribution in [2.75, 3.05) is 0 Å². The monoisotopic (exact) mass is 319 g/mol. The Kier molecular flexibility index (Phi) is 3.55. The maximum absolute atomic E-state index is 12.8. The molecule has 3 rings (SSSR count). The molecule has 0 atom stereocenters. The molecular formula is C16H12F3N3O. The maximum atomic E-state index is 12.8. The second-order valence-corrected chi connectivity index (χ2v) is 5.00. The van der Waals surface area contributed by atoms with Gasteiger partial charge < -0.3 is 0 Å². The summed E-state index contributed by atoms with van der Waals surface area (Å²) in [5.41, 5.74) is 0.157. The molecule has 4 nitrogen and oxygen atoms in total. The molecule has 3 aromatic rings. The summed E-state index contributed by atoms with van der Waals surface area (Å²) in [7, 11) is 1.43. The van der Waals surface area contributed by atoms with Crippen LogP contribution in [0.4, 0.5) is 13.2 Å². The maximum Gasteiger partial charge on any atom is 0.435 e. The van der Waals surface area contributed by atoms with Crippen LogP contribution in [-0.4, -0.2) is 14.3 Å². The fourth-order valence-electron chi connectivity index (χ4n) is 2.30. The van der Waals surface area contributed by atoms with E-state index in [0.717, 1.165) is 10.7 Å². The zero-order valence-corrected chi connectivity index (χ0v) is 12.1. The van der Waals surface area contributed by atoms with Crippen LogP contribution >= 0.6 is 0 Å². The van der Waals surface area contributed by atoms with Gasteiger partial charge in [0, 0.05) is 30.6 Å². The zero-order chi connectivity index (χ0) is 16.6.